The highest BCUT2D eigenvalue weighted by Crippen LogP contribution is 2.38. The molecule has 0 N–H and O–H groups in total. The van der Waals surface area contributed by atoms with Crippen molar-refractivity contribution < 1.29 is 23.8 Å². The summed E-state index contributed by atoms with van der Waals surface area (Å²) in [7, 11) is 6.13. The second kappa shape index (κ2) is 9.36. The Morgan fingerprint density at radius 1 is 1.10 bits per heavy atom. The fourth-order valence-electron chi connectivity index (χ4n) is 2.69. The molecule has 0 radical (unpaired) electrons. The lowest BCUT2D eigenvalue weighted by molar-refractivity contribution is -0.121. The van der Waals surface area contributed by atoms with Crippen LogP contribution in [-0.2, 0) is 9.53 Å². The van der Waals surface area contributed by atoms with Gasteiger partial charge in [0.1, 0.15) is 11.5 Å². The van der Waals surface area contributed by atoms with Crippen molar-refractivity contribution in [3.05, 3.63) is 56.9 Å². The number of likely N-dealkylation sites (N-methyl/N-ethyl adjacent to an activating group) is 1. The summed E-state index contributed by atoms with van der Waals surface area (Å²) in [4.78, 5) is 30.8. The standard InChI is InChI=1S/C21H19BrN2O5S/c1-24-19(25)18(10-13-9-15(22)17(28-3)11-16(13)27-2)30-21(24)23-14-7-5-12(6-8-14)20(26)29-4/h5-11H,1-4H3/b18-10-,23-21?. The minimum absolute atomic E-state index is 0.168. The van der Waals surface area contributed by atoms with Crippen molar-refractivity contribution in [3.63, 3.8) is 0 Å². The maximum atomic E-state index is 12.7. The Hall–Kier alpha value is -2.78. The second-order valence-electron chi connectivity index (χ2n) is 6.14. The van der Waals surface area contributed by atoms with Crippen LogP contribution in [0.4, 0.5) is 5.69 Å². The van der Waals surface area contributed by atoms with Gasteiger partial charge in [0, 0.05) is 18.7 Å². The smallest absolute Gasteiger partial charge is 0.337 e. The number of halogens is 1. The molecular formula is C21H19BrN2O5S. The second-order valence-corrected chi connectivity index (χ2v) is 8.00. The van der Waals surface area contributed by atoms with E-state index in [-0.39, 0.29) is 5.91 Å². The van der Waals surface area contributed by atoms with E-state index in [0.29, 0.717) is 32.8 Å². The van der Waals surface area contributed by atoms with E-state index >= 15 is 0 Å². The summed E-state index contributed by atoms with van der Waals surface area (Å²) >= 11 is 4.72. The van der Waals surface area contributed by atoms with Gasteiger partial charge in [-0.1, -0.05) is 0 Å². The summed E-state index contributed by atoms with van der Waals surface area (Å²) in [5.74, 6) is 0.636. The first-order chi connectivity index (χ1) is 14.4. The number of methoxy groups -OCH3 is 3. The van der Waals surface area contributed by atoms with Gasteiger partial charge in [0.25, 0.3) is 5.91 Å². The van der Waals surface area contributed by atoms with Crippen LogP contribution >= 0.6 is 27.7 Å². The van der Waals surface area contributed by atoms with Gasteiger partial charge in [-0.05, 0) is 64.1 Å². The molecule has 2 aromatic carbocycles. The first kappa shape index (κ1) is 21.9. The molecule has 156 valence electrons. The third-order valence-corrected chi connectivity index (χ3v) is 5.99. The van der Waals surface area contributed by atoms with Gasteiger partial charge < -0.3 is 14.2 Å². The maximum Gasteiger partial charge on any atom is 0.337 e. The molecule has 0 aliphatic carbocycles. The molecule has 0 unspecified atom stereocenters. The molecule has 1 fully saturated rings. The number of esters is 1. The van der Waals surface area contributed by atoms with E-state index in [1.165, 1.54) is 23.8 Å². The molecule has 0 saturated carbocycles. The predicted octanol–water partition coefficient (Wildman–Crippen LogP) is 4.49. The zero-order valence-corrected chi connectivity index (χ0v) is 19.2. The minimum Gasteiger partial charge on any atom is -0.496 e. The van der Waals surface area contributed by atoms with E-state index < -0.39 is 5.97 Å². The van der Waals surface area contributed by atoms with Crippen LogP contribution in [0.2, 0.25) is 0 Å². The van der Waals surface area contributed by atoms with Gasteiger partial charge in [0.2, 0.25) is 0 Å². The molecule has 0 bridgehead atoms. The van der Waals surface area contributed by atoms with Crippen LogP contribution in [-0.4, -0.2) is 50.3 Å². The lowest BCUT2D eigenvalue weighted by Crippen LogP contribution is -2.23. The largest absolute Gasteiger partial charge is 0.496 e. The van der Waals surface area contributed by atoms with E-state index in [9.17, 15) is 9.59 Å². The third kappa shape index (κ3) is 4.52. The van der Waals surface area contributed by atoms with Gasteiger partial charge in [-0.25, -0.2) is 9.79 Å². The molecule has 1 aliphatic heterocycles. The summed E-state index contributed by atoms with van der Waals surface area (Å²) < 4.78 is 16.2. The number of aliphatic imine (C=N–C) groups is 1. The summed E-state index contributed by atoms with van der Waals surface area (Å²) in [5, 5.41) is 0.531. The molecule has 0 aromatic heterocycles. The molecule has 0 spiro atoms. The first-order valence-corrected chi connectivity index (χ1v) is 10.3. The Morgan fingerprint density at radius 3 is 2.37 bits per heavy atom. The van der Waals surface area contributed by atoms with Gasteiger partial charge in [-0.15, -0.1) is 0 Å². The predicted molar refractivity (Wildman–Crippen MR) is 120 cm³/mol. The zero-order chi connectivity index (χ0) is 21.8. The third-order valence-electron chi connectivity index (χ3n) is 4.31. The molecule has 2 aromatic rings. The number of rotatable bonds is 5. The molecule has 1 amide bonds. The van der Waals surface area contributed by atoms with Crippen molar-refractivity contribution >= 4 is 56.5 Å². The number of ether oxygens (including phenoxy) is 3. The van der Waals surface area contributed by atoms with Crippen molar-refractivity contribution in [3.8, 4) is 11.5 Å². The highest BCUT2D eigenvalue weighted by Gasteiger charge is 2.30. The Bertz CT molecular complexity index is 1050. The van der Waals surface area contributed by atoms with Gasteiger partial charge in [-0.2, -0.15) is 0 Å². The number of hydrogen-bond acceptors (Lipinski definition) is 7. The molecule has 9 heteroatoms. The van der Waals surface area contributed by atoms with Crippen molar-refractivity contribution in [2.45, 2.75) is 0 Å². The molecule has 0 atom stereocenters. The molecule has 3 rings (SSSR count). The van der Waals surface area contributed by atoms with Crippen molar-refractivity contribution in [2.24, 2.45) is 4.99 Å². The van der Waals surface area contributed by atoms with E-state index in [2.05, 4.69) is 20.9 Å². The Labute approximate surface area is 186 Å². The first-order valence-electron chi connectivity index (χ1n) is 8.74. The summed E-state index contributed by atoms with van der Waals surface area (Å²) in [6.45, 7) is 0. The minimum atomic E-state index is -0.415. The van der Waals surface area contributed by atoms with Crippen LogP contribution in [0, 0.1) is 0 Å². The molecule has 1 heterocycles. The monoisotopic (exact) mass is 490 g/mol. The average Bonchev–Trinajstić information content (AvgIpc) is 3.01. The highest BCUT2D eigenvalue weighted by molar-refractivity contribution is 9.10. The number of thioether (sulfide) groups is 1. The molecule has 7 nitrogen and oxygen atoms in total. The number of amides is 1. The number of nitrogens with zero attached hydrogens (tertiary/aromatic N) is 2. The molecule has 1 aliphatic rings. The normalized spacial score (nSPS) is 16.3. The van der Waals surface area contributed by atoms with Crippen molar-refractivity contribution in [2.75, 3.05) is 28.4 Å². The van der Waals surface area contributed by atoms with Gasteiger partial charge in [-0.3, -0.25) is 9.69 Å². The summed E-state index contributed by atoms with van der Waals surface area (Å²) in [6, 6.07) is 10.2. The van der Waals surface area contributed by atoms with Crippen LogP contribution in [0.25, 0.3) is 6.08 Å². The van der Waals surface area contributed by atoms with Gasteiger partial charge in [0.15, 0.2) is 5.17 Å². The van der Waals surface area contributed by atoms with Crippen LogP contribution in [0.3, 0.4) is 0 Å². The summed E-state index contributed by atoms with van der Waals surface area (Å²) in [6.07, 6.45) is 1.76. The zero-order valence-electron chi connectivity index (χ0n) is 16.8. The number of carbonyl (C=O) groups is 2. The van der Waals surface area contributed by atoms with Gasteiger partial charge in [0.05, 0.1) is 42.0 Å². The quantitative estimate of drug-likeness (QED) is 0.453. The van der Waals surface area contributed by atoms with E-state index in [1.807, 2.05) is 6.07 Å². The fourth-order valence-corrected chi connectivity index (χ4v) is 4.19. The fraction of sp³-hybridized carbons (Fsp3) is 0.190. The topological polar surface area (TPSA) is 77.4 Å². The number of carbonyl (C=O) groups excluding carboxylic acids is 2. The van der Waals surface area contributed by atoms with Crippen molar-refractivity contribution in [1.29, 1.82) is 0 Å². The molecule has 1 saturated heterocycles. The van der Waals surface area contributed by atoms with Crippen LogP contribution in [0.15, 0.2) is 50.8 Å². The van der Waals surface area contributed by atoms with Crippen LogP contribution in [0.1, 0.15) is 15.9 Å². The number of benzene rings is 2. The number of hydrogen-bond donors (Lipinski definition) is 0. The van der Waals surface area contributed by atoms with Crippen LogP contribution in [0.5, 0.6) is 11.5 Å². The van der Waals surface area contributed by atoms with Crippen LogP contribution < -0.4 is 9.47 Å². The summed E-state index contributed by atoms with van der Waals surface area (Å²) in [5.41, 5.74) is 1.79. The van der Waals surface area contributed by atoms with E-state index in [1.54, 1.807) is 57.7 Å². The average molecular weight is 491 g/mol. The number of amidine groups is 1. The molecule has 30 heavy (non-hydrogen) atoms. The van der Waals surface area contributed by atoms with E-state index in [0.717, 1.165) is 10.0 Å². The Morgan fingerprint density at radius 2 is 1.77 bits per heavy atom. The Kier molecular flexibility index (Phi) is 6.84. The Balaban J connectivity index is 1.90. The van der Waals surface area contributed by atoms with Crippen molar-refractivity contribution in [1.82, 2.24) is 4.90 Å². The van der Waals surface area contributed by atoms with E-state index in [4.69, 9.17) is 14.2 Å². The lowest BCUT2D eigenvalue weighted by Gasteiger charge is -2.10. The SMILES string of the molecule is COC(=O)c1ccc(N=C2S/C(=C\c3cc(Br)c(OC)cc3OC)C(=O)N2C)cc1. The molecular weight excluding hydrogens is 472 g/mol. The van der Waals surface area contributed by atoms with Gasteiger partial charge >= 0.3 is 5.97 Å². The lowest BCUT2D eigenvalue weighted by atomic mass is 10.1. The maximum absolute atomic E-state index is 12.7. The highest BCUT2D eigenvalue weighted by atomic mass is 79.9.